The van der Waals surface area contributed by atoms with Crippen molar-refractivity contribution in [3.63, 3.8) is 0 Å². The molecule has 1 saturated heterocycles. The van der Waals surface area contributed by atoms with Crippen molar-refractivity contribution < 1.29 is 18.7 Å². The smallest absolute Gasteiger partial charge is 0.254 e. The molecule has 5 heteroatoms. The van der Waals surface area contributed by atoms with Gasteiger partial charge in [0.15, 0.2) is 11.6 Å². The van der Waals surface area contributed by atoms with E-state index in [-0.39, 0.29) is 17.8 Å². The van der Waals surface area contributed by atoms with Crippen LogP contribution >= 0.6 is 0 Å². The summed E-state index contributed by atoms with van der Waals surface area (Å²) in [4.78, 5) is 14.0. The van der Waals surface area contributed by atoms with E-state index in [9.17, 15) is 9.18 Å². The molecule has 0 aliphatic carbocycles. The van der Waals surface area contributed by atoms with Gasteiger partial charge in [0.05, 0.1) is 19.8 Å². The zero-order valence-electron chi connectivity index (χ0n) is 11.2. The van der Waals surface area contributed by atoms with E-state index in [1.807, 2.05) is 6.92 Å². The fourth-order valence-electron chi connectivity index (χ4n) is 2.13. The number of carbonyl (C=O) groups is 1. The van der Waals surface area contributed by atoms with Crippen molar-refractivity contribution in [2.24, 2.45) is 0 Å². The van der Waals surface area contributed by atoms with Crippen LogP contribution in [0.15, 0.2) is 18.2 Å². The maximum atomic E-state index is 13.6. The number of nitrogens with zero attached hydrogens (tertiary/aromatic N) is 1. The molecule has 0 bridgehead atoms. The molecule has 1 unspecified atom stereocenters. The monoisotopic (exact) mass is 267 g/mol. The summed E-state index contributed by atoms with van der Waals surface area (Å²) < 4.78 is 24.0. The number of carbonyl (C=O) groups excluding carboxylic acids is 1. The first-order chi connectivity index (χ1) is 9.15. The topological polar surface area (TPSA) is 38.8 Å². The Morgan fingerprint density at radius 2 is 2.37 bits per heavy atom. The van der Waals surface area contributed by atoms with E-state index in [0.717, 1.165) is 6.42 Å². The van der Waals surface area contributed by atoms with Crippen molar-refractivity contribution in [2.75, 3.05) is 26.8 Å². The van der Waals surface area contributed by atoms with Crippen LogP contribution in [0.1, 0.15) is 23.7 Å². The van der Waals surface area contributed by atoms with Gasteiger partial charge in [0.2, 0.25) is 0 Å². The number of methoxy groups -OCH3 is 1. The van der Waals surface area contributed by atoms with Crippen LogP contribution < -0.4 is 4.74 Å². The third kappa shape index (κ3) is 3.04. The van der Waals surface area contributed by atoms with Gasteiger partial charge in [-0.2, -0.15) is 0 Å². The summed E-state index contributed by atoms with van der Waals surface area (Å²) in [5.41, 5.74) is 0.343. The number of amides is 1. The van der Waals surface area contributed by atoms with E-state index in [0.29, 0.717) is 25.3 Å². The summed E-state index contributed by atoms with van der Waals surface area (Å²) in [6, 6.07) is 4.28. The van der Waals surface area contributed by atoms with Crippen LogP contribution in [-0.4, -0.2) is 43.7 Å². The van der Waals surface area contributed by atoms with Gasteiger partial charge in [-0.05, 0) is 24.6 Å². The Morgan fingerprint density at radius 1 is 1.58 bits per heavy atom. The molecule has 1 aromatic carbocycles. The highest BCUT2D eigenvalue weighted by Gasteiger charge is 2.24. The molecule has 1 fully saturated rings. The number of rotatable bonds is 3. The van der Waals surface area contributed by atoms with Crippen LogP contribution in [0.25, 0.3) is 0 Å². The van der Waals surface area contributed by atoms with Crippen molar-refractivity contribution in [2.45, 2.75) is 19.4 Å². The van der Waals surface area contributed by atoms with Gasteiger partial charge in [0, 0.05) is 18.7 Å². The van der Waals surface area contributed by atoms with Crippen molar-refractivity contribution in [3.05, 3.63) is 29.6 Å². The fraction of sp³-hybridized carbons (Fsp3) is 0.500. The Hall–Kier alpha value is -1.62. The van der Waals surface area contributed by atoms with Crippen LogP contribution in [0.3, 0.4) is 0 Å². The second-order valence-electron chi connectivity index (χ2n) is 4.50. The fourth-order valence-corrected chi connectivity index (χ4v) is 2.13. The van der Waals surface area contributed by atoms with Crippen LogP contribution in [0, 0.1) is 5.82 Å². The lowest BCUT2D eigenvalue weighted by molar-refractivity contribution is -0.0226. The lowest BCUT2D eigenvalue weighted by Gasteiger charge is -2.32. The SMILES string of the molecule is CCC1CN(C(=O)c2ccc(OC)c(F)c2)CCO1. The molecule has 0 radical (unpaired) electrons. The number of ether oxygens (including phenoxy) is 2. The third-order valence-corrected chi connectivity index (χ3v) is 3.28. The minimum atomic E-state index is -0.520. The highest BCUT2D eigenvalue weighted by atomic mass is 19.1. The van der Waals surface area contributed by atoms with Gasteiger partial charge in [-0.3, -0.25) is 4.79 Å². The second kappa shape index (κ2) is 6.02. The quantitative estimate of drug-likeness (QED) is 0.841. The van der Waals surface area contributed by atoms with Crippen LogP contribution in [0.5, 0.6) is 5.75 Å². The first kappa shape index (κ1) is 13.8. The number of morpholine rings is 1. The van der Waals surface area contributed by atoms with Gasteiger partial charge in [0.25, 0.3) is 5.91 Å². The molecule has 1 aliphatic rings. The van der Waals surface area contributed by atoms with Crippen molar-refractivity contribution in [1.29, 1.82) is 0 Å². The molecular formula is C14H18FNO3. The van der Waals surface area contributed by atoms with Gasteiger partial charge >= 0.3 is 0 Å². The average molecular weight is 267 g/mol. The molecule has 0 spiro atoms. The van der Waals surface area contributed by atoms with E-state index >= 15 is 0 Å². The normalized spacial score (nSPS) is 19.3. The van der Waals surface area contributed by atoms with Gasteiger partial charge < -0.3 is 14.4 Å². The maximum absolute atomic E-state index is 13.6. The summed E-state index contributed by atoms with van der Waals surface area (Å²) in [5, 5.41) is 0. The van der Waals surface area contributed by atoms with Crippen LogP contribution in [-0.2, 0) is 4.74 Å². The highest BCUT2D eigenvalue weighted by Crippen LogP contribution is 2.19. The van der Waals surface area contributed by atoms with Crippen molar-refractivity contribution in [3.8, 4) is 5.75 Å². The third-order valence-electron chi connectivity index (χ3n) is 3.28. The summed E-state index contributed by atoms with van der Waals surface area (Å²) >= 11 is 0. The van der Waals surface area contributed by atoms with Crippen LogP contribution in [0.2, 0.25) is 0 Å². The summed E-state index contributed by atoms with van der Waals surface area (Å²) in [7, 11) is 1.40. The number of benzene rings is 1. The maximum Gasteiger partial charge on any atom is 0.254 e. The number of hydrogen-bond acceptors (Lipinski definition) is 3. The summed E-state index contributed by atoms with van der Waals surface area (Å²) in [5.74, 6) is -0.540. The highest BCUT2D eigenvalue weighted by molar-refractivity contribution is 5.94. The predicted octanol–water partition coefficient (Wildman–Crippen LogP) is 2.09. The minimum Gasteiger partial charge on any atom is -0.494 e. The van der Waals surface area contributed by atoms with Gasteiger partial charge in [0.1, 0.15) is 0 Å². The molecule has 1 atom stereocenters. The molecule has 104 valence electrons. The largest absolute Gasteiger partial charge is 0.494 e. The zero-order chi connectivity index (χ0) is 13.8. The molecule has 1 amide bonds. The van der Waals surface area contributed by atoms with E-state index in [4.69, 9.17) is 9.47 Å². The average Bonchev–Trinajstić information content (AvgIpc) is 2.46. The molecule has 1 heterocycles. The molecule has 0 aromatic heterocycles. The lowest BCUT2D eigenvalue weighted by atomic mass is 10.1. The zero-order valence-corrected chi connectivity index (χ0v) is 11.2. The van der Waals surface area contributed by atoms with Gasteiger partial charge in [-0.15, -0.1) is 0 Å². The van der Waals surface area contributed by atoms with Crippen molar-refractivity contribution in [1.82, 2.24) is 4.90 Å². The first-order valence-electron chi connectivity index (χ1n) is 6.40. The Balaban J connectivity index is 2.12. The minimum absolute atomic E-state index is 0.0702. The number of hydrogen-bond donors (Lipinski definition) is 0. The van der Waals surface area contributed by atoms with E-state index < -0.39 is 5.82 Å². The molecule has 1 aliphatic heterocycles. The van der Waals surface area contributed by atoms with Crippen molar-refractivity contribution >= 4 is 5.91 Å². The van der Waals surface area contributed by atoms with E-state index in [1.54, 1.807) is 11.0 Å². The summed E-state index contributed by atoms with van der Waals surface area (Å²) in [6.45, 7) is 3.65. The molecular weight excluding hydrogens is 249 g/mol. The van der Waals surface area contributed by atoms with E-state index in [2.05, 4.69) is 0 Å². The molecule has 19 heavy (non-hydrogen) atoms. The van der Waals surface area contributed by atoms with E-state index in [1.165, 1.54) is 19.2 Å². The Morgan fingerprint density at radius 3 is 3.00 bits per heavy atom. The Labute approximate surface area is 112 Å². The molecule has 0 saturated carbocycles. The Bertz CT molecular complexity index is 464. The van der Waals surface area contributed by atoms with Crippen LogP contribution in [0.4, 0.5) is 4.39 Å². The molecule has 1 aromatic rings. The molecule has 2 rings (SSSR count). The number of halogens is 1. The molecule has 0 N–H and O–H groups in total. The lowest BCUT2D eigenvalue weighted by Crippen LogP contribution is -2.45. The summed E-state index contributed by atoms with van der Waals surface area (Å²) in [6.07, 6.45) is 0.932. The first-order valence-corrected chi connectivity index (χ1v) is 6.40. The van der Waals surface area contributed by atoms with Gasteiger partial charge in [-0.1, -0.05) is 6.92 Å². The second-order valence-corrected chi connectivity index (χ2v) is 4.50. The molecule has 4 nitrogen and oxygen atoms in total. The predicted molar refractivity (Wildman–Crippen MR) is 68.9 cm³/mol. The standard InChI is InChI=1S/C14H18FNO3/c1-3-11-9-16(6-7-19-11)14(17)10-4-5-13(18-2)12(15)8-10/h4-5,8,11H,3,6-7,9H2,1-2H3. The van der Waals surface area contributed by atoms with Gasteiger partial charge in [-0.25, -0.2) is 4.39 Å². The Kier molecular flexibility index (Phi) is 4.37.